The van der Waals surface area contributed by atoms with Crippen molar-refractivity contribution in [2.24, 2.45) is 0 Å². The van der Waals surface area contributed by atoms with E-state index in [2.05, 4.69) is 4.90 Å². The van der Waals surface area contributed by atoms with Gasteiger partial charge < -0.3 is 14.2 Å². The summed E-state index contributed by atoms with van der Waals surface area (Å²) in [4.78, 5) is 14.1. The average Bonchev–Trinajstić information content (AvgIpc) is 3.00. The van der Waals surface area contributed by atoms with Gasteiger partial charge in [0, 0.05) is 6.04 Å². The lowest BCUT2D eigenvalue weighted by Crippen LogP contribution is -2.35. The standard InChI is InChI=1S/C16H21NO4/c1-19-16(18)10-13(17-7-3-2-4-8-17)12-5-6-14-15(9-12)21-11-20-14/h5-6,9,13H,2-4,7-8,10-11H2,1H3/t13-/m0/s1. The molecule has 0 amide bonds. The molecule has 1 atom stereocenters. The predicted octanol–water partition coefficient (Wildman–Crippen LogP) is 2.51. The van der Waals surface area contributed by atoms with Crippen molar-refractivity contribution in [3.63, 3.8) is 0 Å². The smallest absolute Gasteiger partial charge is 0.307 e. The van der Waals surface area contributed by atoms with Gasteiger partial charge in [0.15, 0.2) is 11.5 Å². The zero-order valence-corrected chi connectivity index (χ0v) is 12.3. The van der Waals surface area contributed by atoms with Crippen LogP contribution in [-0.2, 0) is 9.53 Å². The van der Waals surface area contributed by atoms with E-state index >= 15 is 0 Å². The van der Waals surface area contributed by atoms with Crippen LogP contribution in [0.15, 0.2) is 18.2 Å². The van der Waals surface area contributed by atoms with E-state index in [1.165, 1.54) is 26.4 Å². The lowest BCUT2D eigenvalue weighted by molar-refractivity contribution is -0.142. The Labute approximate surface area is 124 Å². The summed E-state index contributed by atoms with van der Waals surface area (Å²) in [6, 6.07) is 5.99. The molecule has 3 rings (SSSR count). The van der Waals surface area contributed by atoms with Gasteiger partial charge in [-0.2, -0.15) is 0 Å². The molecule has 5 nitrogen and oxygen atoms in total. The van der Waals surface area contributed by atoms with Crippen LogP contribution < -0.4 is 9.47 Å². The molecule has 2 heterocycles. The molecule has 0 spiro atoms. The maximum atomic E-state index is 11.8. The minimum absolute atomic E-state index is 0.0484. The van der Waals surface area contributed by atoms with Crippen LogP contribution in [0.2, 0.25) is 0 Å². The Morgan fingerprint density at radius 1 is 1.24 bits per heavy atom. The van der Waals surface area contributed by atoms with Crippen molar-refractivity contribution in [3.05, 3.63) is 23.8 Å². The molecule has 1 aromatic rings. The second-order valence-corrected chi connectivity index (χ2v) is 5.51. The normalized spacial score (nSPS) is 19.3. The van der Waals surface area contributed by atoms with Crippen LogP contribution in [0.3, 0.4) is 0 Å². The Morgan fingerprint density at radius 3 is 2.76 bits per heavy atom. The van der Waals surface area contributed by atoms with Crippen LogP contribution in [0.25, 0.3) is 0 Å². The molecule has 2 aliphatic heterocycles. The molecule has 0 bridgehead atoms. The molecule has 0 unspecified atom stereocenters. The maximum Gasteiger partial charge on any atom is 0.307 e. The third-order valence-electron chi connectivity index (χ3n) is 4.20. The maximum absolute atomic E-state index is 11.8. The average molecular weight is 291 g/mol. The summed E-state index contributed by atoms with van der Waals surface area (Å²) in [5, 5.41) is 0. The number of carbonyl (C=O) groups excluding carboxylic acids is 1. The van der Waals surface area contributed by atoms with Crippen LogP contribution in [0.5, 0.6) is 11.5 Å². The SMILES string of the molecule is COC(=O)C[C@@H](c1ccc2c(c1)OCO2)N1CCCCC1. The molecule has 1 saturated heterocycles. The summed E-state index contributed by atoms with van der Waals surface area (Å²) in [6.45, 7) is 2.32. The number of likely N-dealkylation sites (tertiary alicyclic amines) is 1. The molecule has 114 valence electrons. The Hall–Kier alpha value is -1.75. The first-order valence-electron chi connectivity index (χ1n) is 7.48. The van der Waals surface area contributed by atoms with E-state index in [0.29, 0.717) is 6.42 Å². The van der Waals surface area contributed by atoms with Crippen molar-refractivity contribution in [3.8, 4) is 11.5 Å². The zero-order chi connectivity index (χ0) is 14.7. The van der Waals surface area contributed by atoms with Gasteiger partial charge in [-0.15, -0.1) is 0 Å². The lowest BCUT2D eigenvalue weighted by Gasteiger charge is -2.34. The molecule has 0 aliphatic carbocycles. The molecule has 5 heteroatoms. The minimum Gasteiger partial charge on any atom is -0.469 e. The Balaban J connectivity index is 1.84. The van der Waals surface area contributed by atoms with E-state index in [1.807, 2.05) is 18.2 Å². The van der Waals surface area contributed by atoms with Crippen molar-refractivity contribution in [1.29, 1.82) is 0 Å². The summed E-state index contributed by atoms with van der Waals surface area (Å²) in [6.07, 6.45) is 4.00. The second-order valence-electron chi connectivity index (χ2n) is 5.51. The van der Waals surface area contributed by atoms with Crippen LogP contribution >= 0.6 is 0 Å². The highest BCUT2D eigenvalue weighted by atomic mass is 16.7. The molecule has 0 saturated carbocycles. The molecular formula is C16H21NO4. The highest BCUT2D eigenvalue weighted by Gasteiger charge is 2.26. The largest absolute Gasteiger partial charge is 0.469 e. The first-order chi connectivity index (χ1) is 10.3. The summed E-state index contributed by atoms with van der Waals surface area (Å²) >= 11 is 0. The van der Waals surface area contributed by atoms with Gasteiger partial charge in [-0.1, -0.05) is 12.5 Å². The van der Waals surface area contributed by atoms with Gasteiger partial charge in [0.25, 0.3) is 0 Å². The third-order valence-corrected chi connectivity index (χ3v) is 4.20. The minimum atomic E-state index is -0.178. The number of benzene rings is 1. The van der Waals surface area contributed by atoms with Crippen molar-refractivity contribution < 1.29 is 19.0 Å². The van der Waals surface area contributed by atoms with Crippen LogP contribution in [0, 0.1) is 0 Å². The number of piperidine rings is 1. The highest BCUT2D eigenvalue weighted by molar-refractivity contribution is 5.70. The van der Waals surface area contributed by atoms with E-state index in [9.17, 15) is 4.79 Å². The quantitative estimate of drug-likeness (QED) is 0.798. The summed E-state index contributed by atoms with van der Waals surface area (Å²) in [7, 11) is 1.44. The molecule has 0 radical (unpaired) electrons. The number of methoxy groups -OCH3 is 1. The number of ether oxygens (including phenoxy) is 3. The number of rotatable bonds is 4. The predicted molar refractivity (Wildman–Crippen MR) is 77.4 cm³/mol. The van der Waals surface area contributed by atoms with E-state index in [4.69, 9.17) is 14.2 Å². The van der Waals surface area contributed by atoms with E-state index < -0.39 is 0 Å². The Morgan fingerprint density at radius 2 is 2.00 bits per heavy atom. The number of hydrogen-bond acceptors (Lipinski definition) is 5. The van der Waals surface area contributed by atoms with E-state index in [-0.39, 0.29) is 18.8 Å². The number of carbonyl (C=O) groups is 1. The van der Waals surface area contributed by atoms with E-state index in [0.717, 1.165) is 30.2 Å². The van der Waals surface area contributed by atoms with Crippen LogP contribution in [0.1, 0.15) is 37.3 Å². The van der Waals surface area contributed by atoms with Gasteiger partial charge in [-0.25, -0.2) is 0 Å². The van der Waals surface area contributed by atoms with Crippen molar-refractivity contribution >= 4 is 5.97 Å². The Bertz CT molecular complexity index is 511. The van der Waals surface area contributed by atoms with Crippen molar-refractivity contribution in [2.75, 3.05) is 27.0 Å². The summed E-state index contributed by atoms with van der Waals surface area (Å²) < 4.78 is 15.7. The summed E-state index contributed by atoms with van der Waals surface area (Å²) in [5.41, 5.74) is 1.09. The van der Waals surface area contributed by atoms with Gasteiger partial charge in [-0.3, -0.25) is 9.69 Å². The van der Waals surface area contributed by atoms with Crippen molar-refractivity contribution in [1.82, 2.24) is 4.90 Å². The highest BCUT2D eigenvalue weighted by Crippen LogP contribution is 2.37. The fourth-order valence-corrected chi connectivity index (χ4v) is 3.05. The molecule has 2 aliphatic rings. The molecule has 1 aromatic carbocycles. The van der Waals surface area contributed by atoms with Crippen LogP contribution in [-0.4, -0.2) is 37.9 Å². The fraction of sp³-hybridized carbons (Fsp3) is 0.562. The molecular weight excluding hydrogens is 270 g/mol. The number of esters is 1. The summed E-state index contributed by atoms with van der Waals surface area (Å²) in [5.74, 6) is 1.36. The van der Waals surface area contributed by atoms with Gasteiger partial charge in [-0.05, 0) is 43.6 Å². The molecule has 0 N–H and O–H groups in total. The van der Waals surface area contributed by atoms with Crippen molar-refractivity contribution in [2.45, 2.75) is 31.7 Å². The zero-order valence-electron chi connectivity index (χ0n) is 12.3. The van der Waals surface area contributed by atoms with Crippen LogP contribution in [0.4, 0.5) is 0 Å². The number of fused-ring (bicyclic) bond motifs is 1. The second kappa shape index (κ2) is 6.35. The van der Waals surface area contributed by atoms with E-state index in [1.54, 1.807) is 0 Å². The molecule has 0 aromatic heterocycles. The fourth-order valence-electron chi connectivity index (χ4n) is 3.05. The third kappa shape index (κ3) is 3.13. The Kier molecular flexibility index (Phi) is 4.29. The van der Waals surface area contributed by atoms with Gasteiger partial charge >= 0.3 is 5.97 Å². The number of hydrogen-bond donors (Lipinski definition) is 0. The van der Waals surface area contributed by atoms with Gasteiger partial charge in [0.1, 0.15) is 0 Å². The lowest BCUT2D eigenvalue weighted by atomic mass is 9.98. The van der Waals surface area contributed by atoms with Gasteiger partial charge in [0.05, 0.1) is 13.5 Å². The van der Waals surface area contributed by atoms with Gasteiger partial charge in [0.2, 0.25) is 6.79 Å². The molecule has 21 heavy (non-hydrogen) atoms. The molecule has 1 fully saturated rings. The number of nitrogens with zero attached hydrogens (tertiary/aromatic N) is 1. The topological polar surface area (TPSA) is 48.0 Å². The monoisotopic (exact) mass is 291 g/mol. The first kappa shape index (κ1) is 14.2. The first-order valence-corrected chi connectivity index (χ1v) is 7.48.